The molecule has 0 aliphatic carbocycles. The molecule has 0 aliphatic rings. The Morgan fingerprint density at radius 1 is 1.00 bits per heavy atom. The number of carbonyl (C=O) groups is 1. The summed E-state index contributed by atoms with van der Waals surface area (Å²) < 4.78 is 16.6. The van der Waals surface area contributed by atoms with Gasteiger partial charge in [-0.2, -0.15) is 0 Å². The molecule has 24 heavy (non-hydrogen) atoms. The van der Waals surface area contributed by atoms with Crippen LogP contribution in [0.1, 0.15) is 54.4 Å². The van der Waals surface area contributed by atoms with Crippen LogP contribution in [0.2, 0.25) is 0 Å². The third-order valence-electron chi connectivity index (χ3n) is 3.48. The van der Waals surface area contributed by atoms with Gasteiger partial charge >= 0.3 is 6.09 Å². The molecule has 2 N–H and O–H groups in total. The van der Waals surface area contributed by atoms with Crippen molar-refractivity contribution in [1.29, 1.82) is 0 Å². The first-order valence-electron chi connectivity index (χ1n) is 8.68. The Labute approximate surface area is 147 Å². The van der Waals surface area contributed by atoms with Crippen LogP contribution in [-0.4, -0.2) is 50.1 Å². The lowest BCUT2D eigenvalue weighted by Crippen LogP contribution is -2.35. The lowest BCUT2D eigenvalue weighted by Gasteiger charge is -2.30. The number of hydrogen-bond donors (Lipinski definition) is 2. The second kappa shape index (κ2) is 11.4. The van der Waals surface area contributed by atoms with Crippen molar-refractivity contribution in [3.8, 4) is 0 Å². The molecule has 0 saturated heterocycles. The summed E-state index contributed by atoms with van der Waals surface area (Å²) in [4.78, 5) is 11.3. The molecule has 0 spiro atoms. The molecule has 0 aromatic heterocycles. The van der Waals surface area contributed by atoms with Gasteiger partial charge in [-0.25, -0.2) is 4.79 Å². The van der Waals surface area contributed by atoms with E-state index in [1.54, 1.807) is 6.92 Å². The Morgan fingerprint density at radius 2 is 1.58 bits per heavy atom. The highest BCUT2D eigenvalue weighted by Crippen LogP contribution is 2.19. The molecule has 0 atom stereocenters. The van der Waals surface area contributed by atoms with E-state index in [2.05, 4.69) is 38.0 Å². The van der Waals surface area contributed by atoms with Gasteiger partial charge in [-0.3, -0.25) is 0 Å². The van der Waals surface area contributed by atoms with E-state index in [0.29, 0.717) is 25.5 Å². The SMILES string of the molecule is C=C(C)OC(=O)NCCOC(C)(C)CCOC(C)(C)CCNCC. The number of hydrogen-bond acceptors (Lipinski definition) is 5. The van der Waals surface area contributed by atoms with Gasteiger partial charge in [0.2, 0.25) is 0 Å². The maximum atomic E-state index is 11.3. The van der Waals surface area contributed by atoms with Crippen LogP contribution in [0, 0.1) is 0 Å². The predicted molar refractivity (Wildman–Crippen MR) is 97.1 cm³/mol. The molecular weight excluding hydrogens is 308 g/mol. The van der Waals surface area contributed by atoms with Crippen molar-refractivity contribution in [2.24, 2.45) is 0 Å². The zero-order valence-electron chi connectivity index (χ0n) is 16.3. The summed E-state index contributed by atoms with van der Waals surface area (Å²) in [7, 11) is 0. The highest BCUT2D eigenvalue weighted by molar-refractivity contribution is 5.68. The van der Waals surface area contributed by atoms with E-state index in [1.165, 1.54) is 0 Å². The summed E-state index contributed by atoms with van der Waals surface area (Å²) in [5.74, 6) is 0.364. The monoisotopic (exact) mass is 344 g/mol. The van der Waals surface area contributed by atoms with Gasteiger partial charge in [-0.05, 0) is 60.5 Å². The molecule has 0 rings (SSSR count). The number of ether oxygens (including phenoxy) is 3. The Morgan fingerprint density at radius 3 is 2.17 bits per heavy atom. The quantitative estimate of drug-likeness (QED) is 0.396. The van der Waals surface area contributed by atoms with Crippen molar-refractivity contribution < 1.29 is 19.0 Å². The third-order valence-corrected chi connectivity index (χ3v) is 3.48. The number of alkyl carbamates (subject to hydrolysis) is 1. The molecular formula is C18H36N2O4. The Bertz CT molecular complexity index is 381. The fourth-order valence-corrected chi connectivity index (χ4v) is 1.96. The molecule has 0 heterocycles. The van der Waals surface area contributed by atoms with Gasteiger partial charge in [-0.1, -0.05) is 13.5 Å². The topological polar surface area (TPSA) is 68.8 Å². The summed E-state index contributed by atoms with van der Waals surface area (Å²) in [5.41, 5.74) is -0.455. The first-order valence-corrected chi connectivity index (χ1v) is 8.68. The summed E-state index contributed by atoms with van der Waals surface area (Å²) in [5, 5.41) is 5.92. The van der Waals surface area contributed by atoms with Gasteiger partial charge in [0.15, 0.2) is 0 Å². The highest BCUT2D eigenvalue weighted by Gasteiger charge is 2.22. The van der Waals surface area contributed by atoms with E-state index in [-0.39, 0.29) is 11.2 Å². The molecule has 0 aromatic carbocycles. The van der Waals surface area contributed by atoms with Gasteiger partial charge < -0.3 is 24.8 Å². The van der Waals surface area contributed by atoms with Gasteiger partial charge in [-0.15, -0.1) is 0 Å². The largest absolute Gasteiger partial charge is 0.416 e. The van der Waals surface area contributed by atoms with Crippen LogP contribution < -0.4 is 10.6 Å². The molecule has 0 bridgehead atoms. The Balaban J connectivity index is 3.88. The fourth-order valence-electron chi connectivity index (χ4n) is 1.96. The van der Waals surface area contributed by atoms with Crippen LogP contribution in [0.15, 0.2) is 12.3 Å². The first kappa shape index (κ1) is 22.9. The summed E-state index contributed by atoms with van der Waals surface area (Å²) in [6.45, 7) is 18.9. The van der Waals surface area contributed by atoms with Crippen molar-refractivity contribution in [3.05, 3.63) is 12.3 Å². The normalized spacial score (nSPS) is 12.1. The van der Waals surface area contributed by atoms with E-state index >= 15 is 0 Å². The summed E-state index contributed by atoms with van der Waals surface area (Å²) in [6, 6.07) is 0. The maximum absolute atomic E-state index is 11.3. The summed E-state index contributed by atoms with van der Waals surface area (Å²) >= 11 is 0. The average Bonchev–Trinajstić information content (AvgIpc) is 2.42. The smallest absolute Gasteiger partial charge is 0.412 e. The van der Waals surface area contributed by atoms with Crippen LogP contribution in [0.4, 0.5) is 4.79 Å². The predicted octanol–water partition coefficient (Wildman–Crippen LogP) is 3.23. The summed E-state index contributed by atoms with van der Waals surface area (Å²) in [6.07, 6.45) is 1.25. The van der Waals surface area contributed by atoms with Crippen LogP contribution in [0.25, 0.3) is 0 Å². The van der Waals surface area contributed by atoms with Crippen molar-refractivity contribution in [2.75, 3.05) is 32.8 Å². The highest BCUT2D eigenvalue weighted by atomic mass is 16.6. The third kappa shape index (κ3) is 13.3. The van der Waals surface area contributed by atoms with Gasteiger partial charge in [0.05, 0.1) is 30.2 Å². The van der Waals surface area contributed by atoms with Crippen LogP contribution in [-0.2, 0) is 14.2 Å². The maximum Gasteiger partial charge on any atom is 0.412 e. The average molecular weight is 344 g/mol. The number of nitrogens with one attached hydrogen (secondary N) is 2. The number of carbonyl (C=O) groups excluding carboxylic acids is 1. The number of allylic oxidation sites excluding steroid dienone is 1. The fraction of sp³-hybridized carbons (Fsp3) is 0.833. The van der Waals surface area contributed by atoms with Gasteiger partial charge in [0.1, 0.15) is 0 Å². The molecule has 142 valence electrons. The van der Waals surface area contributed by atoms with E-state index in [4.69, 9.17) is 14.2 Å². The second-order valence-electron chi connectivity index (χ2n) is 7.09. The second-order valence-corrected chi connectivity index (χ2v) is 7.09. The zero-order chi connectivity index (χ0) is 18.6. The van der Waals surface area contributed by atoms with E-state index < -0.39 is 6.09 Å². The number of rotatable bonds is 13. The minimum Gasteiger partial charge on any atom is -0.416 e. The van der Waals surface area contributed by atoms with E-state index in [0.717, 1.165) is 25.9 Å². The minimum atomic E-state index is -0.505. The van der Waals surface area contributed by atoms with Crippen LogP contribution in [0.3, 0.4) is 0 Å². The zero-order valence-corrected chi connectivity index (χ0v) is 16.3. The van der Waals surface area contributed by atoms with Crippen LogP contribution >= 0.6 is 0 Å². The standard InChI is InChI=1S/C18H36N2O4/c1-8-19-11-9-17(4,5)22-13-10-18(6,7)23-14-12-20-16(21)24-15(2)3/h19H,2,8-14H2,1,3-7H3,(H,20,21). The van der Waals surface area contributed by atoms with Gasteiger partial charge in [0.25, 0.3) is 0 Å². The first-order chi connectivity index (χ1) is 11.1. The lowest BCUT2D eigenvalue weighted by atomic mass is 10.0. The molecule has 6 nitrogen and oxygen atoms in total. The molecule has 0 unspecified atom stereocenters. The molecule has 1 amide bonds. The van der Waals surface area contributed by atoms with Crippen LogP contribution in [0.5, 0.6) is 0 Å². The van der Waals surface area contributed by atoms with Crippen molar-refractivity contribution in [1.82, 2.24) is 10.6 Å². The minimum absolute atomic E-state index is 0.147. The molecule has 0 aliphatic heterocycles. The Hall–Kier alpha value is -1.11. The molecule has 0 aromatic rings. The molecule has 6 heteroatoms. The lowest BCUT2D eigenvalue weighted by molar-refractivity contribution is -0.0730. The molecule has 0 saturated carbocycles. The van der Waals surface area contributed by atoms with Gasteiger partial charge in [0, 0.05) is 6.54 Å². The van der Waals surface area contributed by atoms with Crippen molar-refractivity contribution >= 4 is 6.09 Å². The van der Waals surface area contributed by atoms with E-state index in [1.807, 2.05) is 13.8 Å². The molecule has 0 fully saturated rings. The van der Waals surface area contributed by atoms with E-state index in [9.17, 15) is 4.79 Å². The van der Waals surface area contributed by atoms with Crippen molar-refractivity contribution in [2.45, 2.75) is 65.6 Å². The Kier molecular flexibility index (Phi) is 10.9. The van der Waals surface area contributed by atoms with Crippen molar-refractivity contribution in [3.63, 3.8) is 0 Å². The molecule has 0 radical (unpaired) electrons. The number of amides is 1.